The van der Waals surface area contributed by atoms with Crippen LogP contribution >= 0.6 is 0 Å². The molecule has 0 aromatic carbocycles. The highest BCUT2D eigenvalue weighted by atomic mass is 16.4. The second kappa shape index (κ2) is 4.97. The van der Waals surface area contributed by atoms with Gasteiger partial charge in [0.2, 0.25) is 0 Å². The fraction of sp³-hybridized carbons (Fsp3) is 0.778. The maximum Gasteiger partial charge on any atom is 0.305 e. The molecule has 0 aromatic heterocycles. The zero-order valence-electron chi connectivity index (χ0n) is 8.15. The fourth-order valence-corrected chi connectivity index (χ4v) is 1.07. The van der Waals surface area contributed by atoms with Gasteiger partial charge in [0, 0.05) is 11.8 Å². The van der Waals surface area contributed by atoms with Gasteiger partial charge in [0.15, 0.2) is 0 Å². The van der Waals surface area contributed by atoms with E-state index in [4.69, 9.17) is 5.11 Å². The highest BCUT2D eigenvalue weighted by molar-refractivity contribution is 5.83. The minimum Gasteiger partial charge on any atom is -0.481 e. The Kier molecular flexibility index (Phi) is 4.62. The van der Waals surface area contributed by atoms with Crippen LogP contribution in [0.5, 0.6) is 0 Å². The molecule has 4 nitrogen and oxygen atoms in total. The van der Waals surface area contributed by atoms with Crippen molar-refractivity contribution in [2.75, 3.05) is 0 Å². The summed E-state index contributed by atoms with van der Waals surface area (Å²) in [5.74, 6) is -1.96. The third kappa shape index (κ3) is 4.03. The van der Waals surface area contributed by atoms with E-state index >= 15 is 0 Å². The van der Waals surface area contributed by atoms with Crippen LogP contribution in [-0.2, 0) is 9.59 Å². The summed E-state index contributed by atoms with van der Waals surface area (Å²) < 4.78 is 0. The molecule has 0 aliphatic heterocycles. The lowest BCUT2D eigenvalue weighted by Gasteiger charge is -2.17. The van der Waals surface area contributed by atoms with Crippen molar-refractivity contribution in [3.05, 3.63) is 0 Å². The van der Waals surface area contributed by atoms with Gasteiger partial charge in [0.1, 0.15) is 5.78 Å². The molecule has 0 heterocycles. The molecule has 2 N–H and O–H groups in total. The Morgan fingerprint density at radius 1 is 1.23 bits per heavy atom. The first-order chi connectivity index (χ1) is 5.86. The number of carboxylic acid groups (broad SMARTS) is 1. The minimum absolute atomic E-state index is 0.103. The van der Waals surface area contributed by atoms with E-state index in [9.17, 15) is 14.7 Å². The van der Waals surface area contributed by atoms with Crippen LogP contribution in [0.4, 0.5) is 0 Å². The van der Waals surface area contributed by atoms with Crippen molar-refractivity contribution < 1.29 is 19.8 Å². The van der Waals surface area contributed by atoms with Gasteiger partial charge in [-0.3, -0.25) is 9.59 Å². The largest absolute Gasteiger partial charge is 0.481 e. The van der Waals surface area contributed by atoms with E-state index in [1.165, 1.54) is 0 Å². The molecular formula is C9H16O4. The first kappa shape index (κ1) is 12.1. The van der Waals surface area contributed by atoms with Crippen molar-refractivity contribution in [2.45, 2.75) is 33.3 Å². The zero-order chi connectivity index (χ0) is 10.6. The fourth-order valence-electron chi connectivity index (χ4n) is 1.07. The molecule has 0 aliphatic rings. The smallest absolute Gasteiger partial charge is 0.305 e. The number of aliphatic carboxylic acids is 1. The van der Waals surface area contributed by atoms with E-state index in [-0.39, 0.29) is 18.1 Å². The molecule has 0 bridgehead atoms. The minimum atomic E-state index is -1.09. The number of carbonyl (C=O) groups excluding carboxylic acids is 1. The Hall–Kier alpha value is -0.900. The number of hydrogen-bond donors (Lipinski definition) is 2. The van der Waals surface area contributed by atoms with Gasteiger partial charge >= 0.3 is 5.97 Å². The summed E-state index contributed by atoms with van der Waals surface area (Å²) in [6.07, 6.45) is -1.45. The second-order valence-corrected chi connectivity index (χ2v) is 3.51. The van der Waals surface area contributed by atoms with Crippen molar-refractivity contribution in [3.63, 3.8) is 0 Å². The Labute approximate surface area is 77.6 Å². The lowest BCUT2D eigenvalue weighted by molar-refractivity contribution is -0.141. The number of carboxylic acids is 1. The van der Waals surface area contributed by atoms with Gasteiger partial charge in [0.05, 0.1) is 12.5 Å². The lowest BCUT2D eigenvalue weighted by Crippen LogP contribution is -2.30. The summed E-state index contributed by atoms with van der Waals surface area (Å²) in [4.78, 5) is 21.5. The number of hydrogen-bond acceptors (Lipinski definition) is 3. The van der Waals surface area contributed by atoms with Gasteiger partial charge in [-0.15, -0.1) is 0 Å². The van der Waals surface area contributed by atoms with Crippen molar-refractivity contribution in [3.8, 4) is 0 Å². The van der Waals surface area contributed by atoms with Crippen LogP contribution < -0.4 is 0 Å². The molecule has 4 heteroatoms. The molecule has 0 spiro atoms. The van der Waals surface area contributed by atoms with Crippen molar-refractivity contribution in [1.82, 2.24) is 0 Å². The van der Waals surface area contributed by atoms with E-state index in [1.54, 1.807) is 20.8 Å². The van der Waals surface area contributed by atoms with Crippen molar-refractivity contribution in [2.24, 2.45) is 11.8 Å². The number of aliphatic hydroxyl groups is 1. The van der Waals surface area contributed by atoms with Crippen LogP contribution in [0.25, 0.3) is 0 Å². The average molecular weight is 188 g/mol. The summed E-state index contributed by atoms with van der Waals surface area (Å²) in [5.41, 5.74) is 0. The van der Waals surface area contributed by atoms with E-state index in [0.717, 1.165) is 0 Å². The third-order valence-electron chi connectivity index (χ3n) is 1.98. The van der Waals surface area contributed by atoms with Gasteiger partial charge in [-0.1, -0.05) is 20.8 Å². The molecule has 0 amide bonds. The number of carbonyl (C=O) groups is 2. The molecule has 0 saturated heterocycles. The molecule has 0 aromatic rings. The molecule has 2 atom stereocenters. The quantitative estimate of drug-likeness (QED) is 0.665. The van der Waals surface area contributed by atoms with Crippen LogP contribution in [0.3, 0.4) is 0 Å². The maximum atomic E-state index is 11.3. The summed E-state index contributed by atoms with van der Waals surface area (Å²) in [6.45, 7) is 5.01. The molecule has 76 valence electrons. The first-order valence-electron chi connectivity index (χ1n) is 4.29. The SMILES string of the molecule is CC(C)C(=O)C(C)C(O)CC(=O)O. The van der Waals surface area contributed by atoms with Crippen LogP contribution in [0, 0.1) is 11.8 Å². The van der Waals surface area contributed by atoms with Gasteiger partial charge in [-0.25, -0.2) is 0 Å². The van der Waals surface area contributed by atoms with Crippen LogP contribution in [-0.4, -0.2) is 28.1 Å². The Morgan fingerprint density at radius 2 is 1.69 bits per heavy atom. The van der Waals surface area contributed by atoms with Crippen molar-refractivity contribution >= 4 is 11.8 Å². The highest BCUT2D eigenvalue weighted by Crippen LogP contribution is 2.13. The number of rotatable bonds is 5. The predicted octanol–water partition coefficient (Wildman–Crippen LogP) is 0.683. The first-order valence-corrected chi connectivity index (χ1v) is 4.29. The summed E-state index contributed by atoms with van der Waals surface area (Å²) in [6, 6.07) is 0. The standard InChI is InChI=1S/C9H16O4/c1-5(2)9(13)6(3)7(10)4-8(11)12/h5-7,10H,4H2,1-3H3,(H,11,12). The van der Waals surface area contributed by atoms with Gasteiger partial charge in [-0.2, -0.15) is 0 Å². The molecule has 0 radical (unpaired) electrons. The number of ketones is 1. The topological polar surface area (TPSA) is 74.6 Å². The van der Waals surface area contributed by atoms with Crippen LogP contribution in [0.2, 0.25) is 0 Å². The molecule has 0 saturated carbocycles. The van der Waals surface area contributed by atoms with Gasteiger partial charge in [-0.05, 0) is 0 Å². The highest BCUT2D eigenvalue weighted by Gasteiger charge is 2.25. The summed E-state index contributed by atoms with van der Waals surface area (Å²) in [5, 5.41) is 17.7. The summed E-state index contributed by atoms with van der Waals surface area (Å²) in [7, 11) is 0. The molecule has 2 unspecified atom stereocenters. The van der Waals surface area contributed by atoms with Gasteiger partial charge < -0.3 is 10.2 Å². The Morgan fingerprint density at radius 3 is 2.00 bits per heavy atom. The normalized spacial score (nSPS) is 15.5. The molecule has 0 aliphatic carbocycles. The average Bonchev–Trinajstić information content (AvgIpc) is 2.00. The third-order valence-corrected chi connectivity index (χ3v) is 1.98. The second-order valence-electron chi connectivity index (χ2n) is 3.51. The lowest BCUT2D eigenvalue weighted by atomic mass is 9.91. The zero-order valence-corrected chi connectivity index (χ0v) is 8.15. The number of Topliss-reactive ketones (excluding diaryl/α,β-unsaturated/α-hetero) is 1. The maximum absolute atomic E-state index is 11.3. The van der Waals surface area contributed by atoms with E-state index in [1.807, 2.05) is 0 Å². The predicted molar refractivity (Wildman–Crippen MR) is 47.3 cm³/mol. The van der Waals surface area contributed by atoms with Crippen molar-refractivity contribution in [1.29, 1.82) is 0 Å². The van der Waals surface area contributed by atoms with Gasteiger partial charge in [0.25, 0.3) is 0 Å². The summed E-state index contributed by atoms with van der Waals surface area (Å²) >= 11 is 0. The molecule has 0 rings (SSSR count). The monoisotopic (exact) mass is 188 g/mol. The van der Waals surface area contributed by atoms with E-state index < -0.39 is 18.0 Å². The Bertz CT molecular complexity index is 198. The van der Waals surface area contributed by atoms with E-state index in [2.05, 4.69) is 0 Å². The Balaban J connectivity index is 4.17. The molecule has 0 fully saturated rings. The van der Waals surface area contributed by atoms with Crippen LogP contribution in [0.15, 0.2) is 0 Å². The van der Waals surface area contributed by atoms with Crippen LogP contribution in [0.1, 0.15) is 27.2 Å². The molecule has 13 heavy (non-hydrogen) atoms. The molecular weight excluding hydrogens is 172 g/mol. The number of aliphatic hydroxyl groups excluding tert-OH is 1. The van der Waals surface area contributed by atoms with E-state index in [0.29, 0.717) is 0 Å².